The van der Waals surface area contributed by atoms with Gasteiger partial charge in [0, 0.05) is 41.4 Å². The van der Waals surface area contributed by atoms with Crippen LogP contribution in [0.1, 0.15) is 30.7 Å². The number of hydrogen-bond donors (Lipinski definition) is 0. The van der Waals surface area contributed by atoms with Crippen molar-refractivity contribution in [3.05, 3.63) is 70.1 Å². The highest BCUT2D eigenvalue weighted by Gasteiger charge is 2.22. The summed E-state index contributed by atoms with van der Waals surface area (Å²) in [5.74, 6) is 0.570. The van der Waals surface area contributed by atoms with Crippen molar-refractivity contribution in [3.63, 3.8) is 0 Å². The third-order valence-electron chi connectivity index (χ3n) is 5.59. The molecule has 4 aromatic rings. The van der Waals surface area contributed by atoms with E-state index in [4.69, 9.17) is 42.6 Å². The van der Waals surface area contributed by atoms with Gasteiger partial charge in [0.15, 0.2) is 6.10 Å². The van der Waals surface area contributed by atoms with Crippen LogP contribution < -0.4 is 9.57 Å². The Morgan fingerprint density at radius 3 is 2.73 bits per heavy atom. The fourth-order valence-electron chi connectivity index (χ4n) is 3.85. The van der Waals surface area contributed by atoms with E-state index in [1.54, 1.807) is 12.4 Å². The molecule has 1 saturated heterocycles. The monoisotopic (exact) mass is 484 g/mol. The maximum atomic E-state index is 6.47. The predicted octanol–water partition coefficient (Wildman–Crippen LogP) is 5.47. The smallest absolute Gasteiger partial charge is 0.213 e. The lowest BCUT2D eigenvalue weighted by molar-refractivity contribution is 0.0332. The molecular weight excluding hydrogens is 463 g/mol. The van der Waals surface area contributed by atoms with Crippen molar-refractivity contribution < 1.29 is 14.3 Å². The standard InChI is InChI=1S/C24H22Cl2N4O3/c1-14-23(26)22(19(25)12-27-14)15(2)33-30-20-6-4-3-5-18(20)24(29-30)16-7-8-21(28-11-16)32-17-9-10-31-13-17/h3-8,11-12,15,17H,9-10,13H2,1-2H3/t15-,17-/m1/s1. The largest absolute Gasteiger partial charge is 0.472 e. The minimum Gasteiger partial charge on any atom is -0.472 e. The molecule has 33 heavy (non-hydrogen) atoms. The molecule has 0 spiro atoms. The van der Waals surface area contributed by atoms with Crippen molar-refractivity contribution >= 4 is 34.1 Å². The van der Waals surface area contributed by atoms with E-state index in [1.165, 1.54) is 4.85 Å². The first-order valence-corrected chi connectivity index (χ1v) is 11.4. The summed E-state index contributed by atoms with van der Waals surface area (Å²) in [6.07, 6.45) is 3.81. The second kappa shape index (κ2) is 9.17. The van der Waals surface area contributed by atoms with E-state index in [9.17, 15) is 0 Å². The lowest BCUT2D eigenvalue weighted by atomic mass is 10.1. The average Bonchev–Trinajstić information content (AvgIpc) is 3.46. The Hall–Kier alpha value is -2.87. The molecule has 1 aliphatic heterocycles. The van der Waals surface area contributed by atoms with Gasteiger partial charge in [-0.1, -0.05) is 46.2 Å². The lowest BCUT2D eigenvalue weighted by Crippen LogP contribution is -2.18. The van der Waals surface area contributed by atoms with Crippen LogP contribution in [0.5, 0.6) is 5.88 Å². The number of ether oxygens (including phenoxy) is 2. The van der Waals surface area contributed by atoms with Gasteiger partial charge in [-0.2, -0.15) is 0 Å². The topological polar surface area (TPSA) is 71.3 Å². The summed E-state index contributed by atoms with van der Waals surface area (Å²) in [6, 6.07) is 11.6. The number of para-hydroxylation sites is 1. The van der Waals surface area contributed by atoms with Crippen LogP contribution in [-0.4, -0.2) is 39.2 Å². The normalized spacial score (nSPS) is 16.8. The van der Waals surface area contributed by atoms with Crippen LogP contribution in [0.3, 0.4) is 0 Å². The van der Waals surface area contributed by atoms with Gasteiger partial charge in [0.05, 0.1) is 29.0 Å². The van der Waals surface area contributed by atoms with Gasteiger partial charge < -0.3 is 14.3 Å². The van der Waals surface area contributed by atoms with E-state index >= 15 is 0 Å². The van der Waals surface area contributed by atoms with Crippen LogP contribution in [0.4, 0.5) is 0 Å². The Bertz CT molecular complexity index is 1290. The summed E-state index contributed by atoms with van der Waals surface area (Å²) < 4.78 is 11.2. The summed E-state index contributed by atoms with van der Waals surface area (Å²) in [6.45, 7) is 5.03. The molecule has 0 unspecified atom stereocenters. The van der Waals surface area contributed by atoms with Gasteiger partial charge in [-0.15, -0.1) is 5.10 Å². The highest BCUT2D eigenvalue weighted by atomic mass is 35.5. The number of pyridine rings is 2. The zero-order chi connectivity index (χ0) is 22.9. The molecular formula is C24H22Cl2N4O3. The van der Waals surface area contributed by atoms with Gasteiger partial charge in [-0.25, -0.2) is 4.98 Å². The Morgan fingerprint density at radius 2 is 1.97 bits per heavy atom. The van der Waals surface area contributed by atoms with Crippen LogP contribution in [0, 0.1) is 6.92 Å². The van der Waals surface area contributed by atoms with Gasteiger partial charge in [-0.3, -0.25) is 4.98 Å². The second-order valence-corrected chi connectivity index (χ2v) is 8.68. The minimum absolute atomic E-state index is 0.0498. The number of aryl methyl sites for hydroxylation is 1. The first-order chi connectivity index (χ1) is 16.0. The van der Waals surface area contributed by atoms with E-state index < -0.39 is 6.10 Å². The fraction of sp³-hybridized carbons (Fsp3) is 0.292. The summed E-state index contributed by atoms with van der Waals surface area (Å²) in [4.78, 5) is 16.4. The average molecular weight is 485 g/mol. The number of rotatable bonds is 6. The van der Waals surface area contributed by atoms with Crippen LogP contribution in [0.2, 0.25) is 10.0 Å². The van der Waals surface area contributed by atoms with Crippen molar-refractivity contribution in [2.75, 3.05) is 13.2 Å². The van der Waals surface area contributed by atoms with Crippen molar-refractivity contribution in [3.8, 4) is 17.1 Å². The number of aromatic nitrogens is 4. The van der Waals surface area contributed by atoms with Crippen molar-refractivity contribution in [1.29, 1.82) is 0 Å². The Morgan fingerprint density at radius 1 is 1.12 bits per heavy atom. The van der Waals surface area contributed by atoms with Crippen molar-refractivity contribution in [2.45, 2.75) is 32.5 Å². The molecule has 5 rings (SSSR count). The number of benzene rings is 1. The van der Waals surface area contributed by atoms with Crippen molar-refractivity contribution in [2.24, 2.45) is 0 Å². The third kappa shape index (κ3) is 4.36. The molecule has 1 aromatic carbocycles. The highest BCUT2D eigenvalue weighted by molar-refractivity contribution is 6.36. The van der Waals surface area contributed by atoms with E-state index in [1.807, 2.05) is 50.2 Å². The van der Waals surface area contributed by atoms with Crippen LogP contribution in [0.15, 0.2) is 48.8 Å². The summed E-state index contributed by atoms with van der Waals surface area (Å²) in [5.41, 5.74) is 3.79. The Balaban J connectivity index is 1.46. The van der Waals surface area contributed by atoms with Crippen LogP contribution in [0.25, 0.3) is 22.2 Å². The summed E-state index contributed by atoms with van der Waals surface area (Å²) in [7, 11) is 0. The second-order valence-electron chi connectivity index (χ2n) is 7.89. The van der Waals surface area contributed by atoms with Gasteiger partial charge >= 0.3 is 0 Å². The van der Waals surface area contributed by atoms with E-state index in [-0.39, 0.29) is 6.10 Å². The molecule has 7 nitrogen and oxygen atoms in total. The minimum atomic E-state index is -0.453. The van der Waals surface area contributed by atoms with E-state index in [0.717, 1.165) is 35.2 Å². The Kier molecular flexibility index (Phi) is 6.10. The SMILES string of the molecule is Cc1ncc(Cl)c([C@@H](C)On2nc(-c3ccc(O[C@@H]4CCOC4)nc3)c3ccccc32)c1Cl. The predicted molar refractivity (Wildman–Crippen MR) is 127 cm³/mol. The number of fused-ring (bicyclic) bond motifs is 1. The van der Waals surface area contributed by atoms with Crippen LogP contribution in [-0.2, 0) is 4.74 Å². The third-order valence-corrected chi connectivity index (χ3v) is 6.37. The molecule has 1 fully saturated rings. The number of halogens is 2. The maximum absolute atomic E-state index is 6.47. The molecule has 170 valence electrons. The molecule has 2 atom stereocenters. The van der Waals surface area contributed by atoms with Gasteiger partial charge in [-0.05, 0) is 26.0 Å². The van der Waals surface area contributed by atoms with Gasteiger partial charge in [0.1, 0.15) is 17.3 Å². The first-order valence-electron chi connectivity index (χ1n) is 10.7. The quantitative estimate of drug-likeness (QED) is 0.361. The fourth-order valence-corrected chi connectivity index (χ4v) is 4.50. The molecule has 9 heteroatoms. The number of nitrogens with zero attached hydrogens (tertiary/aromatic N) is 4. The molecule has 0 saturated carbocycles. The summed E-state index contributed by atoms with van der Waals surface area (Å²) in [5, 5.41) is 6.60. The molecule has 0 aliphatic carbocycles. The zero-order valence-electron chi connectivity index (χ0n) is 18.2. The highest BCUT2D eigenvalue weighted by Crippen LogP contribution is 2.34. The molecule has 4 heterocycles. The molecule has 0 amide bonds. The Labute approximate surface area is 201 Å². The maximum Gasteiger partial charge on any atom is 0.213 e. The van der Waals surface area contributed by atoms with Crippen molar-refractivity contribution in [1.82, 2.24) is 19.9 Å². The van der Waals surface area contributed by atoms with E-state index in [0.29, 0.717) is 33.8 Å². The molecule has 1 aliphatic rings. The molecule has 3 aromatic heterocycles. The number of hydrogen-bond acceptors (Lipinski definition) is 6. The summed E-state index contributed by atoms with van der Waals surface area (Å²) >= 11 is 12.8. The van der Waals surface area contributed by atoms with Gasteiger partial charge in [0.25, 0.3) is 0 Å². The molecule has 0 N–H and O–H groups in total. The van der Waals surface area contributed by atoms with Gasteiger partial charge in [0.2, 0.25) is 5.88 Å². The first kappa shape index (κ1) is 21.9. The lowest BCUT2D eigenvalue weighted by Gasteiger charge is -2.17. The van der Waals surface area contributed by atoms with E-state index in [2.05, 4.69) is 9.97 Å². The van der Waals surface area contributed by atoms with Crippen LogP contribution >= 0.6 is 23.2 Å². The molecule has 0 radical (unpaired) electrons. The zero-order valence-corrected chi connectivity index (χ0v) is 19.7. The molecule has 0 bridgehead atoms.